The lowest BCUT2D eigenvalue weighted by Gasteiger charge is -2.24. The van der Waals surface area contributed by atoms with Crippen LogP contribution < -0.4 is 0 Å². The van der Waals surface area contributed by atoms with Gasteiger partial charge in [0, 0.05) is 15.2 Å². The van der Waals surface area contributed by atoms with Crippen molar-refractivity contribution in [2.24, 2.45) is 0 Å². The second-order valence-electron chi connectivity index (χ2n) is 4.63. The monoisotopic (exact) mass is 297 g/mol. The van der Waals surface area contributed by atoms with Crippen molar-refractivity contribution < 1.29 is 5.58 Å². The van der Waals surface area contributed by atoms with Crippen LogP contribution >= 0.6 is 11.8 Å². The molecule has 3 heteroatoms. The zero-order valence-electron chi connectivity index (χ0n) is 11.6. The fraction of sp³-hybridized carbons (Fsp3) is 0.0588. The molecule has 1 nitrogen and oxygen atoms in total. The molecule has 0 aliphatic carbocycles. The van der Waals surface area contributed by atoms with Crippen LogP contribution in [0.15, 0.2) is 76.5 Å². The molecule has 4 rings (SSSR count). The Balaban J connectivity index is 2.00. The van der Waals surface area contributed by atoms with E-state index in [0.717, 1.165) is 26.1 Å². The third kappa shape index (κ3) is 1.81. The number of benzene rings is 3. The maximum Gasteiger partial charge on any atom is 0.114 e. The van der Waals surface area contributed by atoms with Crippen LogP contribution in [0.3, 0.4) is 0 Å². The van der Waals surface area contributed by atoms with Gasteiger partial charge < -0.3 is 0 Å². The van der Waals surface area contributed by atoms with E-state index in [1.54, 1.807) is 0 Å². The Hall–Kier alpha value is -1.58. The van der Waals surface area contributed by atoms with Crippen molar-refractivity contribution in [1.82, 2.24) is 0 Å². The topological polar surface area (TPSA) is 17.1 Å². The van der Waals surface area contributed by atoms with Gasteiger partial charge in [0.2, 0.25) is 0 Å². The van der Waals surface area contributed by atoms with E-state index < -0.39 is 15.4 Å². The van der Waals surface area contributed by atoms with Crippen LogP contribution in [-0.4, -0.2) is 4.21 Å². The molecule has 3 aromatic rings. The molecular formula is C17H12OS2. The van der Waals surface area contributed by atoms with Crippen molar-refractivity contribution in [2.75, 3.05) is 0 Å². The van der Waals surface area contributed by atoms with Gasteiger partial charge in [-0.2, -0.15) is 0 Å². The fourth-order valence-corrected chi connectivity index (χ4v) is 5.49. The average molecular weight is 297 g/mol. The Morgan fingerprint density at radius 2 is 1.70 bits per heavy atom. The van der Waals surface area contributed by atoms with E-state index in [1.165, 1.54) is 11.8 Å². The van der Waals surface area contributed by atoms with Crippen LogP contribution in [0, 0.1) is 0 Å². The van der Waals surface area contributed by atoms with E-state index in [-0.39, 0.29) is 0 Å². The van der Waals surface area contributed by atoms with Crippen LogP contribution in [0.4, 0.5) is 0 Å². The Labute approximate surface area is 125 Å². The van der Waals surface area contributed by atoms with Crippen LogP contribution in [0.5, 0.6) is 0 Å². The van der Waals surface area contributed by atoms with Gasteiger partial charge in [-0.15, -0.1) is 11.8 Å². The molecule has 0 N–H and O–H groups in total. The summed E-state index contributed by atoms with van der Waals surface area (Å²) < 4.78 is 20.7. The fourth-order valence-electron chi connectivity index (χ4n) is 2.49. The quantitative estimate of drug-likeness (QED) is 0.644. The van der Waals surface area contributed by atoms with Gasteiger partial charge in [0.15, 0.2) is 0 Å². The molecule has 0 bridgehead atoms. The molecule has 1 heterocycles. The minimum absolute atomic E-state index is 0.765. The largest absolute Gasteiger partial charge is 0.253 e. The predicted octanol–water partition coefficient (Wildman–Crippen LogP) is 4.75. The van der Waals surface area contributed by atoms with Crippen LogP contribution in [-0.2, 0) is 10.8 Å². The van der Waals surface area contributed by atoms with Gasteiger partial charge in [0.1, 0.15) is 4.56 Å². The zero-order chi connectivity index (χ0) is 14.4. The minimum atomic E-state index is -1.41. The second-order valence-corrected chi connectivity index (χ2v) is 7.33. The molecule has 2 atom stereocenters. The smallest absolute Gasteiger partial charge is 0.114 e. The summed E-state index contributed by atoms with van der Waals surface area (Å²) in [6.07, 6.45) is 0. The first kappa shape index (κ1) is 11.1. The normalized spacial score (nSPS) is 25.4. The first-order chi connectivity index (χ1) is 10.2. The number of rotatable bonds is 1. The molecular weight excluding hydrogens is 284 g/mol. The lowest BCUT2D eigenvalue weighted by Crippen LogP contribution is -2.08. The van der Waals surface area contributed by atoms with E-state index in [1.807, 2.05) is 66.7 Å². The highest BCUT2D eigenvalue weighted by atomic mass is 32.2. The molecule has 20 heavy (non-hydrogen) atoms. The predicted molar refractivity (Wildman–Crippen MR) is 85.4 cm³/mol. The van der Waals surface area contributed by atoms with E-state index in [0.29, 0.717) is 0 Å². The van der Waals surface area contributed by atoms with Gasteiger partial charge in [0.05, 0.1) is 12.2 Å². The van der Waals surface area contributed by atoms with Gasteiger partial charge in [-0.25, -0.2) is 0 Å². The summed E-state index contributed by atoms with van der Waals surface area (Å²) in [7, 11) is -1.41. The van der Waals surface area contributed by atoms with Crippen molar-refractivity contribution in [2.45, 2.75) is 14.3 Å². The number of hydrogen-bond donors (Lipinski definition) is 0. The summed E-state index contributed by atoms with van der Waals surface area (Å²) in [5, 5.41) is 2.11. The molecule has 0 aromatic heterocycles. The van der Waals surface area contributed by atoms with Crippen LogP contribution in [0.2, 0.25) is 0 Å². The van der Waals surface area contributed by atoms with Gasteiger partial charge in [-0.05, 0) is 23.1 Å². The molecule has 0 fully saturated rings. The lowest BCUT2D eigenvalue weighted by molar-refractivity contribution is 0.682. The standard InChI is InChI=1S/C17H12OS2/c18-20-15-11-5-9-12-8-4-10-14(16(12)15)19-17(20)13-6-2-1-3-7-13/h1-11,17H/i17D. The Kier molecular flexibility index (Phi) is 2.65. The molecule has 0 radical (unpaired) electrons. The maximum atomic E-state index is 13.0. The molecule has 0 saturated carbocycles. The van der Waals surface area contributed by atoms with E-state index in [9.17, 15) is 4.21 Å². The zero-order valence-corrected chi connectivity index (χ0v) is 12.2. The summed E-state index contributed by atoms with van der Waals surface area (Å²) in [5.41, 5.74) is 0.778. The lowest BCUT2D eigenvalue weighted by atomic mass is 10.1. The van der Waals surface area contributed by atoms with E-state index in [4.69, 9.17) is 1.37 Å². The summed E-state index contributed by atoms with van der Waals surface area (Å²) in [6, 6.07) is 21.3. The SMILES string of the molecule is [2H]C1(c2ccccc2)Sc2cccc3cccc(c23)S1=O. The van der Waals surface area contributed by atoms with E-state index in [2.05, 4.69) is 0 Å². The minimum Gasteiger partial charge on any atom is -0.253 e. The van der Waals surface area contributed by atoms with Crippen molar-refractivity contribution >= 4 is 33.3 Å². The molecule has 0 saturated heterocycles. The average Bonchev–Trinajstić information content (AvgIpc) is 2.53. The Bertz CT molecular complexity index is 858. The third-order valence-corrected chi connectivity index (χ3v) is 6.41. The first-order valence-electron chi connectivity index (χ1n) is 6.88. The summed E-state index contributed by atoms with van der Waals surface area (Å²) in [6.45, 7) is 0. The van der Waals surface area contributed by atoms with Crippen molar-refractivity contribution in [3.05, 3.63) is 72.3 Å². The van der Waals surface area contributed by atoms with Gasteiger partial charge in [0.25, 0.3) is 0 Å². The summed E-state index contributed by atoms with van der Waals surface area (Å²) >= 11 is 1.38. The second kappa shape index (κ2) is 4.76. The summed E-state index contributed by atoms with van der Waals surface area (Å²) in [4.78, 5) is 1.79. The van der Waals surface area contributed by atoms with Gasteiger partial charge in [-0.3, -0.25) is 4.21 Å². The molecule has 1 aliphatic rings. The molecule has 2 unspecified atom stereocenters. The Morgan fingerprint density at radius 3 is 2.50 bits per heavy atom. The first-order valence-corrected chi connectivity index (χ1v) is 8.35. The molecule has 98 valence electrons. The van der Waals surface area contributed by atoms with Crippen LogP contribution in [0.25, 0.3) is 10.8 Å². The highest BCUT2D eigenvalue weighted by molar-refractivity contribution is 8.11. The van der Waals surface area contributed by atoms with Crippen LogP contribution in [0.1, 0.15) is 11.5 Å². The Morgan fingerprint density at radius 1 is 0.950 bits per heavy atom. The van der Waals surface area contributed by atoms with Gasteiger partial charge in [-0.1, -0.05) is 54.6 Å². The van der Waals surface area contributed by atoms with Crippen molar-refractivity contribution in [3.8, 4) is 0 Å². The molecule has 1 aliphatic heterocycles. The van der Waals surface area contributed by atoms with Crippen molar-refractivity contribution in [1.29, 1.82) is 0 Å². The summed E-state index contributed by atoms with van der Waals surface area (Å²) in [5.74, 6) is 0. The highest BCUT2D eigenvalue weighted by Crippen LogP contribution is 2.49. The number of thioether (sulfide) groups is 1. The van der Waals surface area contributed by atoms with E-state index >= 15 is 0 Å². The van der Waals surface area contributed by atoms with Crippen molar-refractivity contribution in [3.63, 3.8) is 0 Å². The molecule has 3 aromatic carbocycles. The third-order valence-electron chi connectivity index (χ3n) is 3.41. The molecule has 0 amide bonds. The number of hydrogen-bond acceptors (Lipinski definition) is 2. The highest BCUT2D eigenvalue weighted by Gasteiger charge is 2.29. The maximum absolute atomic E-state index is 13.0. The molecule has 0 spiro atoms. The van der Waals surface area contributed by atoms with Gasteiger partial charge >= 0.3 is 0 Å².